The number of hydrogen-bond acceptors (Lipinski definition) is 8. The summed E-state index contributed by atoms with van der Waals surface area (Å²) in [5.74, 6) is -1.28. The molecule has 0 bridgehead atoms. The largest absolute Gasteiger partial charge is 0.379 e. The van der Waals surface area contributed by atoms with E-state index in [0.717, 1.165) is 30.4 Å². The van der Waals surface area contributed by atoms with Crippen LogP contribution in [-0.4, -0.2) is 87.0 Å². The van der Waals surface area contributed by atoms with Gasteiger partial charge < -0.3 is 35.1 Å². The van der Waals surface area contributed by atoms with Crippen LogP contribution in [0.2, 0.25) is 0 Å². The molecule has 5 aromatic rings. The molecule has 2 aromatic carbocycles. The van der Waals surface area contributed by atoms with E-state index < -0.39 is 11.8 Å². The molecule has 4 amide bonds. The average molecular weight is 650 g/mol. The molecule has 4 N–H and O–H groups in total. The topological polar surface area (TPSA) is 165 Å². The number of aromatic nitrogens is 4. The molecular formula is C34H35N9O5. The standard InChI is InChI=1S/C34H35N9O5/c1-41-20-26(18-28(41)33(46)35-11-12-43-13-15-48-16-14-43)38-31(44)22-7-9-25(10-8-22)37-34(47)30-39-29(21-42(30)2)40-32(45)27-17-23-5-3-4-6-24(23)19-36-27/h3-10,17-21H,11-16H2,1-2H3,(H,35,46)(H,37,47)(H,38,44)(H,40,45). The Morgan fingerprint density at radius 1 is 0.771 bits per heavy atom. The number of nitrogens with zero attached hydrogens (tertiary/aromatic N) is 5. The highest BCUT2D eigenvalue weighted by Crippen LogP contribution is 2.18. The van der Waals surface area contributed by atoms with E-state index in [1.54, 1.807) is 67.5 Å². The maximum Gasteiger partial charge on any atom is 0.291 e. The molecule has 0 radical (unpaired) electrons. The van der Waals surface area contributed by atoms with Crippen LogP contribution >= 0.6 is 0 Å². The van der Waals surface area contributed by atoms with E-state index in [1.165, 1.54) is 10.8 Å². The molecule has 0 spiro atoms. The number of anilines is 3. The van der Waals surface area contributed by atoms with Crippen LogP contribution in [0.4, 0.5) is 17.2 Å². The van der Waals surface area contributed by atoms with Gasteiger partial charge in [0.05, 0.1) is 18.9 Å². The minimum atomic E-state index is -0.501. The lowest BCUT2D eigenvalue weighted by Gasteiger charge is -2.26. The van der Waals surface area contributed by atoms with E-state index in [2.05, 4.69) is 36.1 Å². The lowest BCUT2D eigenvalue weighted by Crippen LogP contribution is -2.41. The quantitative estimate of drug-likeness (QED) is 0.179. The summed E-state index contributed by atoms with van der Waals surface area (Å²) < 4.78 is 8.51. The first-order valence-electron chi connectivity index (χ1n) is 15.4. The SMILES string of the molecule is Cn1cc(NC(=O)c2ccc(NC(=O)c3nc(NC(=O)c4cc5ccccc5cn4)cn3C)cc2)cc1C(=O)NCCN1CCOCC1. The van der Waals surface area contributed by atoms with E-state index >= 15 is 0 Å². The van der Waals surface area contributed by atoms with Crippen LogP contribution in [0, 0.1) is 0 Å². The van der Waals surface area contributed by atoms with Crippen LogP contribution in [0.25, 0.3) is 10.8 Å². The Morgan fingerprint density at radius 3 is 2.27 bits per heavy atom. The molecule has 0 aliphatic carbocycles. The van der Waals surface area contributed by atoms with Gasteiger partial charge in [-0.25, -0.2) is 4.98 Å². The number of carbonyl (C=O) groups excluding carboxylic acids is 4. The third kappa shape index (κ3) is 7.57. The number of pyridine rings is 1. The van der Waals surface area contributed by atoms with E-state index in [1.807, 2.05) is 24.3 Å². The normalized spacial score (nSPS) is 13.2. The third-order valence-electron chi connectivity index (χ3n) is 7.90. The van der Waals surface area contributed by atoms with E-state index in [0.29, 0.717) is 42.4 Å². The number of ether oxygens (including phenoxy) is 1. The van der Waals surface area contributed by atoms with E-state index in [4.69, 9.17) is 4.74 Å². The van der Waals surface area contributed by atoms with Crippen molar-refractivity contribution >= 4 is 51.6 Å². The molecule has 14 heteroatoms. The second-order valence-electron chi connectivity index (χ2n) is 11.4. The highest BCUT2D eigenvalue weighted by Gasteiger charge is 2.18. The highest BCUT2D eigenvalue weighted by atomic mass is 16.5. The van der Waals surface area contributed by atoms with Crippen LogP contribution < -0.4 is 21.3 Å². The second kappa shape index (κ2) is 14.3. The van der Waals surface area contributed by atoms with Gasteiger partial charge >= 0.3 is 0 Å². The molecule has 1 fully saturated rings. The van der Waals surface area contributed by atoms with Crippen LogP contribution in [0.5, 0.6) is 0 Å². The van der Waals surface area contributed by atoms with Gasteiger partial charge in [0.25, 0.3) is 23.6 Å². The number of fused-ring (bicyclic) bond motifs is 1. The molecular weight excluding hydrogens is 614 g/mol. The zero-order chi connectivity index (χ0) is 33.6. The molecule has 0 atom stereocenters. The number of aryl methyl sites for hydroxylation is 2. The first-order chi connectivity index (χ1) is 23.2. The number of rotatable bonds is 10. The van der Waals surface area contributed by atoms with Gasteiger partial charge in [-0.15, -0.1) is 0 Å². The molecule has 0 saturated carbocycles. The van der Waals surface area contributed by atoms with Gasteiger partial charge in [0.15, 0.2) is 5.82 Å². The summed E-state index contributed by atoms with van der Waals surface area (Å²) >= 11 is 0. The lowest BCUT2D eigenvalue weighted by molar-refractivity contribution is 0.0383. The maximum atomic E-state index is 13.0. The summed E-state index contributed by atoms with van der Waals surface area (Å²) in [5.41, 5.74) is 1.93. The van der Waals surface area contributed by atoms with E-state index in [9.17, 15) is 19.2 Å². The summed E-state index contributed by atoms with van der Waals surface area (Å²) in [4.78, 5) is 62.2. The molecule has 1 aliphatic heterocycles. The predicted octanol–water partition coefficient (Wildman–Crippen LogP) is 3.13. The van der Waals surface area contributed by atoms with Crippen LogP contribution in [0.3, 0.4) is 0 Å². The smallest absolute Gasteiger partial charge is 0.291 e. The minimum absolute atomic E-state index is 0.0728. The van der Waals surface area contributed by atoms with Crippen molar-refractivity contribution in [1.29, 1.82) is 0 Å². The summed E-state index contributed by atoms with van der Waals surface area (Å²) in [6.45, 7) is 4.35. The second-order valence-corrected chi connectivity index (χ2v) is 11.4. The molecule has 6 rings (SSSR count). The Balaban J connectivity index is 1.01. The average Bonchev–Trinajstić information content (AvgIpc) is 3.65. The van der Waals surface area contributed by atoms with Crippen molar-refractivity contribution < 1.29 is 23.9 Å². The molecule has 0 unspecified atom stereocenters. The number of carbonyl (C=O) groups is 4. The van der Waals surface area contributed by atoms with Gasteiger partial charge in [0.2, 0.25) is 5.82 Å². The van der Waals surface area contributed by atoms with Gasteiger partial charge in [-0.05, 0) is 41.8 Å². The Morgan fingerprint density at radius 2 is 1.50 bits per heavy atom. The summed E-state index contributed by atoms with van der Waals surface area (Å²) in [5, 5.41) is 13.0. The number of amides is 4. The molecule has 246 valence electrons. The number of hydrogen-bond donors (Lipinski definition) is 4. The van der Waals surface area contributed by atoms with Crippen molar-refractivity contribution in [3.63, 3.8) is 0 Å². The monoisotopic (exact) mass is 649 g/mol. The van der Waals surface area contributed by atoms with Crippen molar-refractivity contribution in [2.24, 2.45) is 14.1 Å². The van der Waals surface area contributed by atoms with Crippen molar-refractivity contribution in [1.82, 2.24) is 29.3 Å². The molecule has 4 heterocycles. The van der Waals surface area contributed by atoms with E-state index in [-0.39, 0.29) is 29.2 Å². The maximum absolute atomic E-state index is 13.0. The van der Waals surface area contributed by atoms with Gasteiger partial charge in [-0.2, -0.15) is 0 Å². The van der Waals surface area contributed by atoms with Gasteiger partial charge in [-0.3, -0.25) is 29.1 Å². The zero-order valence-electron chi connectivity index (χ0n) is 26.5. The Kier molecular flexibility index (Phi) is 9.55. The van der Waals surface area contributed by atoms with Gasteiger partial charge in [-0.1, -0.05) is 24.3 Å². The fourth-order valence-electron chi connectivity index (χ4n) is 5.32. The first kappa shape index (κ1) is 32.1. The van der Waals surface area contributed by atoms with Crippen LogP contribution in [0.1, 0.15) is 42.0 Å². The van der Waals surface area contributed by atoms with Gasteiger partial charge in [0, 0.05) is 75.5 Å². The molecule has 1 saturated heterocycles. The zero-order valence-corrected chi connectivity index (χ0v) is 26.5. The van der Waals surface area contributed by atoms with Crippen molar-refractivity contribution in [2.45, 2.75) is 0 Å². The number of imidazole rings is 1. The van der Waals surface area contributed by atoms with Crippen molar-refractivity contribution in [3.8, 4) is 0 Å². The highest BCUT2D eigenvalue weighted by molar-refractivity contribution is 6.07. The Hall–Kier alpha value is -5.86. The molecule has 3 aromatic heterocycles. The van der Waals surface area contributed by atoms with Crippen LogP contribution in [-0.2, 0) is 18.8 Å². The fourth-order valence-corrected chi connectivity index (χ4v) is 5.32. The number of nitrogens with one attached hydrogen (secondary N) is 4. The van der Waals surface area contributed by atoms with Crippen LogP contribution in [0.15, 0.2) is 79.3 Å². The third-order valence-corrected chi connectivity index (χ3v) is 7.90. The number of morpholine rings is 1. The fraction of sp³-hybridized carbons (Fsp3) is 0.235. The Labute approximate surface area is 276 Å². The minimum Gasteiger partial charge on any atom is -0.379 e. The number of benzene rings is 2. The van der Waals surface area contributed by atoms with Gasteiger partial charge in [0.1, 0.15) is 11.4 Å². The first-order valence-corrected chi connectivity index (χ1v) is 15.4. The molecule has 1 aliphatic rings. The molecule has 48 heavy (non-hydrogen) atoms. The summed E-state index contributed by atoms with van der Waals surface area (Å²) in [6, 6.07) is 17.3. The lowest BCUT2D eigenvalue weighted by atomic mass is 10.1. The summed E-state index contributed by atoms with van der Waals surface area (Å²) in [6.07, 6.45) is 4.83. The Bertz CT molecular complexity index is 1980. The molecule has 14 nitrogen and oxygen atoms in total. The summed E-state index contributed by atoms with van der Waals surface area (Å²) in [7, 11) is 3.38. The predicted molar refractivity (Wildman–Crippen MR) is 180 cm³/mol. The van der Waals surface area contributed by atoms with Crippen molar-refractivity contribution in [2.75, 3.05) is 55.3 Å². The van der Waals surface area contributed by atoms with Crippen molar-refractivity contribution in [3.05, 3.63) is 102 Å².